The van der Waals surface area contributed by atoms with E-state index in [2.05, 4.69) is 19.2 Å². The molecule has 1 heterocycles. The van der Waals surface area contributed by atoms with E-state index in [4.69, 9.17) is 4.74 Å². The molecule has 0 radical (unpaired) electrons. The summed E-state index contributed by atoms with van der Waals surface area (Å²) in [5.74, 6) is -0.182. The Morgan fingerprint density at radius 3 is 2.79 bits per heavy atom. The number of likely N-dealkylation sites (tertiary alicyclic amines) is 1. The fourth-order valence-corrected chi connectivity index (χ4v) is 2.28. The number of carbonyl (C=O) groups excluding carboxylic acids is 2. The van der Waals surface area contributed by atoms with Crippen LogP contribution in [0.3, 0.4) is 0 Å². The standard InChI is InChI=1S/C14H26N2O3/c1-4-19-14(18)12-6-5-9-16(10-12)13(17)7-8-15-11(2)3/h11-12,15H,4-10H2,1-3H3. The molecule has 1 atom stereocenters. The van der Waals surface area contributed by atoms with E-state index in [-0.39, 0.29) is 17.8 Å². The Kier molecular flexibility index (Phi) is 6.84. The highest BCUT2D eigenvalue weighted by Crippen LogP contribution is 2.18. The van der Waals surface area contributed by atoms with Crippen molar-refractivity contribution >= 4 is 11.9 Å². The van der Waals surface area contributed by atoms with Crippen molar-refractivity contribution in [1.29, 1.82) is 0 Å². The zero-order valence-electron chi connectivity index (χ0n) is 12.3. The van der Waals surface area contributed by atoms with Crippen LogP contribution in [0.1, 0.15) is 40.0 Å². The van der Waals surface area contributed by atoms with Gasteiger partial charge in [0.15, 0.2) is 0 Å². The maximum Gasteiger partial charge on any atom is 0.310 e. The van der Waals surface area contributed by atoms with E-state index in [9.17, 15) is 9.59 Å². The van der Waals surface area contributed by atoms with E-state index in [1.165, 1.54) is 0 Å². The van der Waals surface area contributed by atoms with Gasteiger partial charge in [-0.3, -0.25) is 9.59 Å². The third-order valence-electron chi connectivity index (χ3n) is 3.29. The summed E-state index contributed by atoms with van der Waals surface area (Å²) in [5.41, 5.74) is 0. The lowest BCUT2D eigenvalue weighted by Crippen LogP contribution is -2.43. The molecule has 0 aromatic heterocycles. The first kappa shape index (κ1) is 16.0. The number of rotatable bonds is 6. The SMILES string of the molecule is CCOC(=O)C1CCCN(C(=O)CCNC(C)C)C1. The van der Waals surface area contributed by atoms with E-state index in [1.807, 2.05) is 0 Å². The van der Waals surface area contributed by atoms with Gasteiger partial charge >= 0.3 is 5.97 Å². The first-order valence-corrected chi connectivity index (χ1v) is 7.22. The molecule has 19 heavy (non-hydrogen) atoms. The number of ether oxygens (including phenoxy) is 1. The smallest absolute Gasteiger partial charge is 0.310 e. The van der Waals surface area contributed by atoms with Crippen molar-refractivity contribution in [1.82, 2.24) is 10.2 Å². The normalized spacial score (nSPS) is 19.6. The molecule has 110 valence electrons. The van der Waals surface area contributed by atoms with Gasteiger partial charge < -0.3 is 15.0 Å². The number of esters is 1. The molecule has 0 aromatic rings. The van der Waals surface area contributed by atoms with Crippen molar-refractivity contribution in [2.45, 2.75) is 46.1 Å². The predicted molar refractivity (Wildman–Crippen MR) is 73.7 cm³/mol. The molecule has 0 aromatic carbocycles. The van der Waals surface area contributed by atoms with Crippen molar-refractivity contribution < 1.29 is 14.3 Å². The summed E-state index contributed by atoms with van der Waals surface area (Å²) < 4.78 is 5.03. The second kappa shape index (κ2) is 8.15. The third-order valence-corrected chi connectivity index (χ3v) is 3.29. The van der Waals surface area contributed by atoms with Gasteiger partial charge in [0, 0.05) is 32.1 Å². The molecular weight excluding hydrogens is 244 g/mol. The maximum absolute atomic E-state index is 12.0. The molecule has 0 saturated carbocycles. The minimum atomic E-state index is -0.166. The quantitative estimate of drug-likeness (QED) is 0.736. The minimum Gasteiger partial charge on any atom is -0.466 e. The van der Waals surface area contributed by atoms with E-state index < -0.39 is 0 Å². The maximum atomic E-state index is 12.0. The van der Waals surface area contributed by atoms with Crippen LogP contribution in [0, 0.1) is 5.92 Å². The number of hydrogen-bond donors (Lipinski definition) is 1. The zero-order valence-corrected chi connectivity index (χ0v) is 12.3. The Morgan fingerprint density at radius 1 is 1.42 bits per heavy atom. The van der Waals surface area contributed by atoms with Crippen molar-refractivity contribution in [2.24, 2.45) is 5.92 Å². The Morgan fingerprint density at radius 2 is 2.16 bits per heavy atom. The molecule has 0 bridgehead atoms. The van der Waals surface area contributed by atoms with E-state index in [0.717, 1.165) is 19.4 Å². The molecule has 1 unspecified atom stereocenters. The van der Waals surface area contributed by atoms with Crippen LogP contribution in [0.15, 0.2) is 0 Å². The molecule has 1 rings (SSSR count). The number of nitrogens with one attached hydrogen (secondary N) is 1. The topological polar surface area (TPSA) is 58.6 Å². The van der Waals surface area contributed by atoms with Crippen molar-refractivity contribution in [2.75, 3.05) is 26.2 Å². The lowest BCUT2D eigenvalue weighted by molar-refractivity contribution is -0.151. The van der Waals surface area contributed by atoms with Crippen LogP contribution in [-0.4, -0.2) is 49.1 Å². The van der Waals surface area contributed by atoms with Crippen LogP contribution in [0.4, 0.5) is 0 Å². The molecule has 5 heteroatoms. The fourth-order valence-electron chi connectivity index (χ4n) is 2.28. The molecule has 5 nitrogen and oxygen atoms in total. The molecule has 1 saturated heterocycles. The second-order valence-electron chi connectivity index (χ2n) is 5.29. The van der Waals surface area contributed by atoms with Crippen LogP contribution in [0.5, 0.6) is 0 Å². The number of nitrogens with zero attached hydrogens (tertiary/aromatic N) is 1. The Labute approximate surface area is 115 Å². The number of amides is 1. The largest absolute Gasteiger partial charge is 0.466 e. The second-order valence-corrected chi connectivity index (χ2v) is 5.29. The predicted octanol–water partition coefficient (Wildman–Crippen LogP) is 1.18. The first-order valence-electron chi connectivity index (χ1n) is 7.22. The summed E-state index contributed by atoms with van der Waals surface area (Å²) in [5, 5.41) is 3.23. The first-order chi connectivity index (χ1) is 9.04. The van der Waals surface area contributed by atoms with Gasteiger partial charge in [-0.15, -0.1) is 0 Å². The van der Waals surface area contributed by atoms with Crippen LogP contribution in [0.25, 0.3) is 0 Å². The fraction of sp³-hybridized carbons (Fsp3) is 0.857. The Hall–Kier alpha value is -1.10. The van der Waals surface area contributed by atoms with Gasteiger partial charge in [-0.2, -0.15) is 0 Å². The van der Waals surface area contributed by atoms with E-state index >= 15 is 0 Å². The summed E-state index contributed by atoms with van der Waals surface area (Å²) in [7, 11) is 0. The zero-order chi connectivity index (χ0) is 14.3. The molecule has 1 aliphatic rings. The van der Waals surface area contributed by atoms with Gasteiger partial charge in [-0.05, 0) is 19.8 Å². The van der Waals surface area contributed by atoms with Crippen molar-refractivity contribution in [3.63, 3.8) is 0 Å². The highest BCUT2D eigenvalue weighted by molar-refractivity contribution is 5.78. The van der Waals surface area contributed by atoms with Crippen LogP contribution in [0.2, 0.25) is 0 Å². The molecule has 1 N–H and O–H groups in total. The van der Waals surface area contributed by atoms with Crippen molar-refractivity contribution in [3.8, 4) is 0 Å². The van der Waals surface area contributed by atoms with Gasteiger partial charge in [0.05, 0.1) is 12.5 Å². The molecular formula is C14H26N2O3. The van der Waals surface area contributed by atoms with Crippen LogP contribution >= 0.6 is 0 Å². The Balaban J connectivity index is 2.37. The van der Waals surface area contributed by atoms with E-state index in [1.54, 1.807) is 11.8 Å². The highest BCUT2D eigenvalue weighted by atomic mass is 16.5. The minimum absolute atomic E-state index is 0.127. The molecule has 0 spiro atoms. The van der Waals surface area contributed by atoms with Gasteiger partial charge in [-0.25, -0.2) is 0 Å². The number of piperidine rings is 1. The van der Waals surface area contributed by atoms with Crippen LogP contribution < -0.4 is 5.32 Å². The monoisotopic (exact) mass is 270 g/mol. The average Bonchev–Trinajstić information content (AvgIpc) is 2.38. The van der Waals surface area contributed by atoms with Gasteiger partial charge in [-0.1, -0.05) is 13.8 Å². The highest BCUT2D eigenvalue weighted by Gasteiger charge is 2.28. The molecule has 1 fully saturated rings. The Bertz CT molecular complexity index is 305. The van der Waals surface area contributed by atoms with Gasteiger partial charge in [0.2, 0.25) is 5.91 Å². The molecule has 1 aliphatic heterocycles. The molecule has 0 aliphatic carbocycles. The van der Waals surface area contributed by atoms with Crippen LogP contribution in [-0.2, 0) is 14.3 Å². The summed E-state index contributed by atoms with van der Waals surface area (Å²) in [6, 6.07) is 0.390. The van der Waals surface area contributed by atoms with Crippen molar-refractivity contribution in [3.05, 3.63) is 0 Å². The van der Waals surface area contributed by atoms with Gasteiger partial charge in [0.1, 0.15) is 0 Å². The average molecular weight is 270 g/mol. The summed E-state index contributed by atoms with van der Waals surface area (Å²) >= 11 is 0. The summed E-state index contributed by atoms with van der Waals surface area (Å²) in [6.45, 7) is 8.29. The molecule has 1 amide bonds. The summed E-state index contributed by atoms with van der Waals surface area (Å²) in [4.78, 5) is 25.5. The lowest BCUT2D eigenvalue weighted by atomic mass is 9.98. The third kappa shape index (κ3) is 5.59. The number of hydrogen-bond acceptors (Lipinski definition) is 4. The van der Waals surface area contributed by atoms with Gasteiger partial charge in [0.25, 0.3) is 0 Å². The van der Waals surface area contributed by atoms with E-state index in [0.29, 0.717) is 32.2 Å². The number of carbonyl (C=O) groups is 2. The summed E-state index contributed by atoms with van der Waals surface area (Å²) in [6.07, 6.45) is 2.20. The lowest BCUT2D eigenvalue weighted by Gasteiger charge is -2.31.